The molecule has 3 rings (SSSR count). The smallest absolute Gasteiger partial charge is 0.0821 e. The van der Waals surface area contributed by atoms with E-state index in [1.54, 1.807) is 0 Å². The molecule has 1 heterocycles. The van der Waals surface area contributed by atoms with E-state index in [1.165, 1.54) is 16.8 Å². The minimum absolute atomic E-state index is 0.00455. The number of para-hydroxylation sites is 1. The molecule has 0 amide bonds. The van der Waals surface area contributed by atoms with Crippen molar-refractivity contribution in [2.45, 2.75) is 39.3 Å². The van der Waals surface area contributed by atoms with E-state index in [4.69, 9.17) is 5.84 Å². The summed E-state index contributed by atoms with van der Waals surface area (Å²) >= 11 is 0. The standard InChI is InChI=1S/C22H30N4/c1-6-22(2,3)26(5)21-17-12-8-7-11-16(17)15-25(4)19-14-10-9-13-18(19)20(21)24-23/h7-14,24H,6,15,23H2,1-5H3/b21-20-. The summed E-state index contributed by atoms with van der Waals surface area (Å²) in [7, 11) is 4.30. The zero-order valence-electron chi connectivity index (χ0n) is 16.5. The van der Waals surface area contributed by atoms with E-state index >= 15 is 0 Å². The van der Waals surface area contributed by atoms with Gasteiger partial charge < -0.3 is 15.2 Å². The van der Waals surface area contributed by atoms with Gasteiger partial charge in [0.05, 0.1) is 11.4 Å². The van der Waals surface area contributed by atoms with E-state index < -0.39 is 0 Å². The van der Waals surface area contributed by atoms with Crippen LogP contribution in [-0.4, -0.2) is 24.5 Å². The van der Waals surface area contributed by atoms with Gasteiger partial charge in [-0.15, -0.1) is 0 Å². The van der Waals surface area contributed by atoms with Crippen molar-refractivity contribution in [3.8, 4) is 0 Å². The first-order valence-corrected chi connectivity index (χ1v) is 9.24. The Morgan fingerprint density at radius 2 is 1.69 bits per heavy atom. The molecule has 0 aromatic heterocycles. The lowest BCUT2D eigenvalue weighted by molar-refractivity contribution is 0.232. The zero-order valence-corrected chi connectivity index (χ0v) is 16.5. The van der Waals surface area contributed by atoms with Crippen LogP contribution in [0.4, 0.5) is 5.69 Å². The van der Waals surface area contributed by atoms with Crippen LogP contribution in [-0.2, 0) is 6.54 Å². The molecule has 0 radical (unpaired) electrons. The number of rotatable bonds is 4. The Bertz CT molecular complexity index is 822. The van der Waals surface area contributed by atoms with Gasteiger partial charge in [0, 0.05) is 43.0 Å². The van der Waals surface area contributed by atoms with Gasteiger partial charge in [-0.05, 0) is 31.9 Å². The number of hydrazine groups is 1. The highest BCUT2D eigenvalue weighted by Crippen LogP contribution is 2.39. The quantitative estimate of drug-likeness (QED) is 0.645. The maximum Gasteiger partial charge on any atom is 0.0821 e. The van der Waals surface area contributed by atoms with Crippen LogP contribution < -0.4 is 16.2 Å². The predicted molar refractivity (Wildman–Crippen MR) is 111 cm³/mol. The van der Waals surface area contributed by atoms with Crippen LogP contribution in [0.1, 0.15) is 43.9 Å². The minimum atomic E-state index is 0.00455. The molecular formula is C22H30N4. The van der Waals surface area contributed by atoms with Crippen molar-refractivity contribution in [2.24, 2.45) is 5.84 Å². The summed E-state index contributed by atoms with van der Waals surface area (Å²) in [5, 5.41) is 0. The van der Waals surface area contributed by atoms with Crippen LogP contribution in [0.15, 0.2) is 48.5 Å². The number of fused-ring (bicyclic) bond motifs is 2. The summed E-state index contributed by atoms with van der Waals surface area (Å²) in [5.74, 6) is 6.10. The Kier molecular flexibility index (Phi) is 4.97. The normalized spacial score (nSPS) is 17.1. The van der Waals surface area contributed by atoms with Gasteiger partial charge in [-0.2, -0.15) is 0 Å². The van der Waals surface area contributed by atoms with E-state index in [0.29, 0.717) is 0 Å². The first-order chi connectivity index (χ1) is 12.4. The number of hydrogen-bond acceptors (Lipinski definition) is 4. The molecule has 2 aromatic rings. The summed E-state index contributed by atoms with van der Waals surface area (Å²) in [5.41, 5.74) is 9.97. The number of anilines is 1. The van der Waals surface area contributed by atoms with Crippen LogP contribution in [0, 0.1) is 0 Å². The second-order valence-corrected chi connectivity index (χ2v) is 7.62. The van der Waals surface area contributed by atoms with Gasteiger partial charge in [-0.25, -0.2) is 0 Å². The molecule has 0 spiro atoms. The predicted octanol–water partition coefficient (Wildman–Crippen LogP) is 4.05. The molecule has 1 aliphatic rings. The first-order valence-electron chi connectivity index (χ1n) is 9.24. The third kappa shape index (κ3) is 3.06. The SMILES string of the molecule is CCC(C)(C)N(C)/C1=C(\NN)c2ccccc2N(C)Cc2ccccc21. The van der Waals surface area contributed by atoms with Crippen molar-refractivity contribution in [3.05, 3.63) is 65.2 Å². The molecule has 0 unspecified atom stereocenters. The molecular weight excluding hydrogens is 320 g/mol. The lowest BCUT2D eigenvalue weighted by Gasteiger charge is -2.41. The summed E-state index contributed by atoms with van der Waals surface area (Å²) < 4.78 is 0. The van der Waals surface area contributed by atoms with Gasteiger partial charge in [-0.3, -0.25) is 5.84 Å². The van der Waals surface area contributed by atoms with E-state index in [0.717, 1.165) is 29.9 Å². The van der Waals surface area contributed by atoms with Crippen LogP contribution in [0.3, 0.4) is 0 Å². The van der Waals surface area contributed by atoms with E-state index in [1.807, 2.05) is 0 Å². The fraction of sp³-hybridized carbons (Fsp3) is 0.364. The Hall–Kier alpha value is -2.46. The second-order valence-electron chi connectivity index (χ2n) is 7.62. The topological polar surface area (TPSA) is 44.5 Å². The van der Waals surface area contributed by atoms with Crippen molar-refractivity contribution < 1.29 is 0 Å². The third-order valence-corrected chi connectivity index (χ3v) is 5.75. The van der Waals surface area contributed by atoms with Crippen molar-refractivity contribution in [1.29, 1.82) is 0 Å². The Labute approximate surface area is 157 Å². The summed E-state index contributed by atoms with van der Waals surface area (Å²) in [4.78, 5) is 4.65. The summed E-state index contributed by atoms with van der Waals surface area (Å²) in [6.45, 7) is 7.62. The van der Waals surface area contributed by atoms with E-state index in [9.17, 15) is 0 Å². The maximum atomic E-state index is 6.10. The lowest BCUT2D eigenvalue weighted by atomic mass is 9.91. The second kappa shape index (κ2) is 7.04. The van der Waals surface area contributed by atoms with Gasteiger partial charge >= 0.3 is 0 Å². The van der Waals surface area contributed by atoms with Crippen molar-refractivity contribution >= 4 is 17.1 Å². The van der Waals surface area contributed by atoms with Crippen LogP contribution in [0.2, 0.25) is 0 Å². The molecule has 1 aliphatic heterocycles. The Morgan fingerprint density at radius 3 is 2.35 bits per heavy atom. The fourth-order valence-electron chi connectivity index (χ4n) is 3.54. The van der Waals surface area contributed by atoms with Gasteiger partial charge in [0.25, 0.3) is 0 Å². The molecule has 0 aliphatic carbocycles. The zero-order chi connectivity index (χ0) is 18.9. The third-order valence-electron chi connectivity index (χ3n) is 5.75. The number of hydrogen-bond donors (Lipinski definition) is 2. The molecule has 138 valence electrons. The van der Waals surface area contributed by atoms with E-state index in [2.05, 4.69) is 98.6 Å². The highest BCUT2D eigenvalue weighted by atomic mass is 15.3. The Balaban J connectivity index is 2.37. The van der Waals surface area contributed by atoms with E-state index in [-0.39, 0.29) is 5.54 Å². The van der Waals surface area contributed by atoms with Crippen molar-refractivity contribution in [2.75, 3.05) is 19.0 Å². The average Bonchev–Trinajstić information content (AvgIpc) is 2.65. The van der Waals surface area contributed by atoms with Gasteiger partial charge in [0.1, 0.15) is 0 Å². The molecule has 3 N–H and O–H groups in total. The van der Waals surface area contributed by atoms with Crippen LogP contribution >= 0.6 is 0 Å². The highest BCUT2D eigenvalue weighted by Gasteiger charge is 2.30. The monoisotopic (exact) mass is 350 g/mol. The number of nitrogens with two attached hydrogens (primary N) is 1. The molecule has 0 saturated heterocycles. The maximum absolute atomic E-state index is 6.10. The van der Waals surface area contributed by atoms with Crippen molar-refractivity contribution in [1.82, 2.24) is 10.3 Å². The minimum Gasteiger partial charge on any atom is -0.370 e. The molecule has 0 fully saturated rings. The fourth-order valence-corrected chi connectivity index (χ4v) is 3.54. The van der Waals surface area contributed by atoms with Crippen molar-refractivity contribution in [3.63, 3.8) is 0 Å². The molecule has 2 aromatic carbocycles. The molecule has 0 atom stereocenters. The van der Waals surface area contributed by atoms with Crippen LogP contribution in [0.25, 0.3) is 11.4 Å². The lowest BCUT2D eigenvalue weighted by Crippen LogP contribution is -2.41. The van der Waals surface area contributed by atoms with Crippen LogP contribution in [0.5, 0.6) is 0 Å². The molecule has 26 heavy (non-hydrogen) atoms. The molecule has 0 saturated carbocycles. The number of benzene rings is 2. The molecule has 0 bridgehead atoms. The number of nitrogens with one attached hydrogen (secondary N) is 1. The van der Waals surface area contributed by atoms with Gasteiger partial charge in [0.15, 0.2) is 0 Å². The first kappa shape index (κ1) is 18.3. The number of nitrogens with zero attached hydrogens (tertiary/aromatic N) is 2. The molecule has 4 heteroatoms. The summed E-state index contributed by atoms with van der Waals surface area (Å²) in [6.07, 6.45) is 1.04. The van der Waals surface area contributed by atoms with Gasteiger partial charge in [-0.1, -0.05) is 49.4 Å². The summed E-state index contributed by atoms with van der Waals surface area (Å²) in [6, 6.07) is 17.1. The van der Waals surface area contributed by atoms with Gasteiger partial charge in [0.2, 0.25) is 0 Å². The average molecular weight is 351 g/mol. The highest BCUT2D eigenvalue weighted by molar-refractivity contribution is 5.94. The largest absolute Gasteiger partial charge is 0.370 e. The molecule has 4 nitrogen and oxygen atoms in total. The Morgan fingerprint density at radius 1 is 1.08 bits per heavy atom.